The van der Waals surface area contributed by atoms with Crippen molar-refractivity contribution in [1.82, 2.24) is 14.3 Å². The minimum atomic E-state index is -3.37. The molecule has 0 saturated heterocycles. The number of ketones is 1. The number of alkyl halides is 2. The predicted molar refractivity (Wildman–Crippen MR) is 233 cm³/mol. The van der Waals surface area contributed by atoms with Gasteiger partial charge in [-0.05, 0) is 144 Å². The van der Waals surface area contributed by atoms with Gasteiger partial charge in [0.25, 0.3) is 0 Å². The number of nitrogens with zero attached hydrogens (tertiary/aromatic N) is 4. The van der Waals surface area contributed by atoms with Crippen LogP contribution >= 0.6 is 0 Å². The lowest BCUT2D eigenvalue weighted by molar-refractivity contribution is -0.0493. The van der Waals surface area contributed by atoms with Gasteiger partial charge in [-0.25, -0.2) is 32.8 Å². The van der Waals surface area contributed by atoms with Crippen molar-refractivity contribution in [3.8, 4) is 22.9 Å². The highest BCUT2D eigenvalue weighted by atomic mass is 19.3. The van der Waals surface area contributed by atoms with E-state index in [2.05, 4.69) is 10.4 Å². The first-order valence-electron chi connectivity index (χ1n) is 20.2. The number of imide groups is 1. The lowest BCUT2D eigenvalue weighted by atomic mass is 10.1. The zero-order valence-corrected chi connectivity index (χ0v) is 38.3. The summed E-state index contributed by atoms with van der Waals surface area (Å²) in [7, 11) is 0. The number of hydrogen-bond donors (Lipinski definition) is 1. The molecule has 0 bridgehead atoms. The van der Waals surface area contributed by atoms with Crippen LogP contribution in [0.25, 0.3) is 16.6 Å². The minimum absolute atomic E-state index is 0.0176. The molecule has 0 aliphatic heterocycles. The van der Waals surface area contributed by atoms with Crippen LogP contribution in [0, 0.1) is 12.7 Å². The monoisotopic (exact) mass is 907 g/mol. The zero-order valence-electron chi connectivity index (χ0n) is 38.3. The van der Waals surface area contributed by atoms with Crippen molar-refractivity contribution in [2.45, 2.75) is 119 Å². The number of nitrogens with one attached hydrogen (secondary N) is 1. The van der Waals surface area contributed by atoms with Crippen molar-refractivity contribution in [3.05, 3.63) is 89.5 Å². The molecule has 5 rings (SSSR count). The van der Waals surface area contributed by atoms with Gasteiger partial charge < -0.3 is 28.4 Å². The lowest BCUT2D eigenvalue weighted by Crippen LogP contribution is -2.45. The molecule has 0 atom stereocenters. The number of benzene rings is 3. The highest BCUT2D eigenvalue weighted by molar-refractivity contribution is 6.20. The van der Waals surface area contributed by atoms with Crippen LogP contribution in [-0.2, 0) is 18.9 Å². The van der Waals surface area contributed by atoms with Crippen LogP contribution in [-0.4, -0.2) is 73.5 Å². The number of aromatic nitrogens is 3. The molecule has 0 aliphatic carbocycles. The second kappa shape index (κ2) is 18.2. The van der Waals surface area contributed by atoms with Gasteiger partial charge in [-0.3, -0.25) is 10.1 Å². The van der Waals surface area contributed by atoms with Gasteiger partial charge in [-0.2, -0.15) is 18.8 Å². The predicted octanol–water partition coefficient (Wildman–Crippen LogP) is 11.7. The van der Waals surface area contributed by atoms with Crippen molar-refractivity contribution < 1.29 is 65.6 Å². The van der Waals surface area contributed by atoms with Crippen molar-refractivity contribution in [3.63, 3.8) is 0 Å². The summed E-state index contributed by atoms with van der Waals surface area (Å²) < 4.78 is 77.0. The molecule has 3 aromatic carbocycles. The Labute approximate surface area is 373 Å². The number of ether oxygens (including phenoxy) is 6. The molecule has 5 aromatic rings. The topological polar surface area (TPSA) is 179 Å². The maximum Gasteiger partial charge on any atom is 0.425 e. The van der Waals surface area contributed by atoms with Gasteiger partial charge in [0.1, 0.15) is 39.6 Å². The van der Waals surface area contributed by atoms with Crippen LogP contribution < -0.4 is 19.7 Å². The molecule has 0 fully saturated rings. The van der Waals surface area contributed by atoms with E-state index in [4.69, 9.17) is 28.4 Å². The zero-order chi connectivity index (χ0) is 48.6. The van der Waals surface area contributed by atoms with Crippen LogP contribution in [0.1, 0.15) is 105 Å². The maximum absolute atomic E-state index is 15.2. The van der Waals surface area contributed by atoms with Crippen LogP contribution in [0.15, 0.2) is 66.9 Å². The normalized spacial score (nSPS) is 12.1. The van der Waals surface area contributed by atoms with Gasteiger partial charge >= 0.3 is 31.0 Å². The van der Waals surface area contributed by atoms with Gasteiger partial charge in [-0.1, -0.05) is 12.1 Å². The van der Waals surface area contributed by atoms with E-state index in [9.17, 15) is 32.3 Å². The van der Waals surface area contributed by atoms with Gasteiger partial charge in [0.05, 0.1) is 28.7 Å². The van der Waals surface area contributed by atoms with Crippen molar-refractivity contribution in [2.24, 2.45) is 0 Å². The van der Waals surface area contributed by atoms with E-state index < -0.39 is 87.8 Å². The van der Waals surface area contributed by atoms with E-state index in [0.717, 1.165) is 27.6 Å². The number of halogens is 3. The number of aryl methyl sites for hydroxylation is 1. The first kappa shape index (κ1) is 49.0. The molecule has 0 spiro atoms. The SMILES string of the molecule is Cc1cc(Oc2ccccc2F)ccc1-n1ncc(C(=O)c2cc3cc(OC(F)F)c(NC(=O)OC(C)(C)C)cc3n2C(=O)OC(C)(C)C)c1N(C(=O)OC(C)(C)C)C(=O)OC(C)(C)C. The van der Waals surface area contributed by atoms with E-state index >= 15 is 4.79 Å². The summed E-state index contributed by atoms with van der Waals surface area (Å²) in [5, 5.41) is 6.80. The molecule has 0 unspecified atom stereocenters. The van der Waals surface area contributed by atoms with E-state index in [-0.39, 0.29) is 33.8 Å². The van der Waals surface area contributed by atoms with E-state index in [1.807, 2.05) is 0 Å². The first-order chi connectivity index (χ1) is 29.9. The third-order valence-electron chi connectivity index (χ3n) is 8.38. The molecule has 2 heterocycles. The second-order valence-electron chi connectivity index (χ2n) is 18.7. The Hall–Kier alpha value is -7.05. The molecule has 2 aromatic heterocycles. The Balaban J connectivity index is 1.81. The number of carbonyl (C=O) groups excluding carboxylic acids is 5. The second-order valence-corrected chi connectivity index (χ2v) is 18.7. The Kier molecular flexibility index (Phi) is 13.7. The molecule has 1 N–H and O–H groups in total. The van der Waals surface area contributed by atoms with Crippen LogP contribution in [0.3, 0.4) is 0 Å². The minimum Gasteiger partial charge on any atom is -0.454 e. The Morgan fingerprint density at radius 1 is 0.723 bits per heavy atom. The van der Waals surface area contributed by atoms with Gasteiger partial charge in [0.2, 0.25) is 5.78 Å². The number of rotatable bonds is 9. The number of fused-ring (bicyclic) bond motifs is 1. The highest BCUT2D eigenvalue weighted by Crippen LogP contribution is 2.38. The fourth-order valence-electron chi connectivity index (χ4n) is 6.09. The Morgan fingerprint density at radius 2 is 1.31 bits per heavy atom. The highest BCUT2D eigenvalue weighted by Gasteiger charge is 2.40. The molecular formula is C46H52F3N5O11. The van der Waals surface area contributed by atoms with E-state index in [1.165, 1.54) is 42.5 Å². The largest absolute Gasteiger partial charge is 0.454 e. The standard InChI is InChI=1S/C46H52F3N5O11/c1-25-20-27(60-34-17-15-14-16-29(34)47)18-19-31(25)54-37(53(41(58)64-45(8,9)10)42(59)65-46(11,12)13)28(24-50-54)36(55)33-21-26-22-35(61-38(48)49)30(51-39(56)62-43(2,3)4)23-32(26)52(33)40(57)63-44(5,6)7/h14-24,38H,1-13H3,(H,51,56). The molecule has 16 nitrogen and oxygen atoms in total. The fraction of sp³-hybridized carbons (Fsp3) is 0.391. The van der Waals surface area contributed by atoms with Crippen LogP contribution in [0.5, 0.6) is 17.2 Å². The summed E-state index contributed by atoms with van der Waals surface area (Å²) in [4.78, 5) is 71.3. The lowest BCUT2D eigenvalue weighted by Gasteiger charge is -2.29. The molecule has 0 saturated carbocycles. The number of carbonyl (C=O) groups is 5. The molecule has 3 amide bonds. The number of hydrogen-bond acceptors (Lipinski definition) is 12. The van der Waals surface area contributed by atoms with Crippen molar-refractivity contribution in [1.29, 1.82) is 0 Å². The summed E-state index contributed by atoms with van der Waals surface area (Å²) in [5.41, 5.74) is -5.36. The Morgan fingerprint density at radius 3 is 1.85 bits per heavy atom. The summed E-state index contributed by atoms with van der Waals surface area (Å²) in [5.74, 6) is -2.57. The average molecular weight is 908 g/mol. The fourth-order valence-corrected chi connectivity index (χ4v) is 6.09. The van der Waals surface area contributed by atoms with Gasteiger partial charge in [-0.15, -0.1) is 0 Å². The average Bonchev–Trinajstić information content (AvgIpc) is 3.71. The third kappa shape index (κ3) is 12.4. The molecule has 348 valence electrons. The maximum atomic E-state index is 15.2. The number of amides is 3. The van der Waals surface area contributed by atoms with E-state index in [1.54, 1.807) is 96.1 Å². The first-order valence-corrected chi connectivity index (χ1v) is 20.2. The van der Waals surface area contributed by atoms with Gasteiger partial charge in [0.15, 0.2) is 17.4 Å². The third-order valence-corrected chi connectivity index (χ3v) is 8.38. The van der Waals surface area contributed by atoms with Crippen molar-refractivity contribution in [2.75, 3.05) is 10.2 Å². The van der Waals surface area contributed by atoms with E-state index in [0.29, 0.717) is 10.5 Å². The molecular weight excluding hydrogens is 856 g/mol. The van der Waals surface area contributed by atoms with Crippen LogP contribution in [0.2, 0.25) is 0 Å². The summed E-state index contributed by atoms with van der Waals surface area (Å²) in [6.07, 6.45) is -3.68. The summed E-state index contributed by atoms with van der Waals surface area (Å²) in [6, 6.07) is 13.6. The smallest absolute Gasteiger partial charge is 0.425 e. The molecule has 0 radical (unpaired) electrons. The summed E-state index contributed by atoms with van der Waals surface area (Å²) in [6.45, 7) is 17.0. The molecule has 0 aliphatic rings. The van der Waals surface area contributed by atoms with Gasteiger partial charge in [0, 0.05) is 5.39 Å². The number of anilines is 2. The molecule has 65 heavy (non-hydrogen) atoms. The summed E-state index contributed by atoms with van der Waals surface area (Å²) >= 11 is 0. The quantitative estimate of drug-likeness (QED) is 0.109. The molecule has 19 heteroatoms. The van der Waals surface area contributed by atoms with Crippen molar-refractivity contribution >= 4 is 52.6 Å². The Bertz CT molecular complexity index is 2620. The number of para-hydroxylation sites is 1. The van der Waals surface area contributed by atoms with Crippen LogP contribution in [0.4, 0.5) is 43.9 Å².